The van der Waals surface area contributed by atoms with E-state index >= 15 is 0 Å². The third-order valence-corrected chi connectivity index (χ3v) is 4.83. The monoisotopic (exact) mass is 382 g/mol. The molecule has 29 heavy (non-hydrogen) atoms. The van der Waals surface area contributed by atoms with E-state index in [9.17, 15) is 4.79 Å². The van der Waals surface area contributed by atoms with Gasteiger partial charge in [0, 0.05) is 17.3 Å². The third-order valence-electron chi connectivity index (χ3n) is 4.83. The summed E-state index contributed by atoms with van der Waals surface area (Å²) in [5.41, 5.74) is 6.15. The molecule has 0 amide bonds. The third kappa shape index (κ3) is 4.11. The maximum atomic E-state index is 12.7. The van der Waals surface area contributed by atoms with Crippen LogP contribution in [0.5, 0.6) is 0 Å². The number of hydrogen-bond donors (Lipinski definition) is 0. The molecule has 4 aromatic rings. The number of hydrogen-bond acceptors (Lipinski definition) is 3. The van der Waals surface area contributed by atoms with Crippen LogP contribution >= 0.6 is 0 Å². The fourth-order valence-corrected chi connectivity index (χ4v) is 3.24. The van der Waals surface area contributed by atoms with Crippen LogP contribution in [0.1, 0.15) is 27.0 Å². The van der Waals surface area contributed by atoms with Crippen LogP contribution < -0.4 is 0 Å². The largest absolute Gasteiger partial charge is 0.457 e. The van der Waals surface area contributed by atoms with Crippen LogP contribution in [0.2, 0.25) is 0 Å². The molecule has 0 N–H and O–H groups in total. The molecule has 0 bridgehead atoms. The van der Waals surface area contributed by atoms with Crippen LogP contribution in [0.25, 0.3) is 16.9 Å². The number of ether oxygens (including phenoxy) is 1. The van der Waals surface area contributed by atoms with E-state index in [1.54, 1.807) is 0 Å². The highest BCUT2D eigenvalue weighted by Gasteiger charge is 2.16. The van der Waals surface area contributed by atoms with E-state index in [4.69, 9.17) is 9.84 Å². The summed E-state index contributed by atoms with van der Waals surface area (Å²) >= 11 is 0. The van der Waals surface area contributed by atoms with Gasteiger partial charge < -0.3 is 4.74 Å². The molecule has 0 atom stereocenters. The van der Waals surface area contributed by atoms with Crippen LogP contribution in [0.15, 0.2) is 85.1 Å². The van der Waals surface area contributed by atoms with Gasteiger partial charge in [-0.3, -0.25) is 0 Å². The minimum atomic E-state index is -0.322. The highest BCUT2D eigenvalue weighted by molar-refractivity contribution is 5.91. The van der Waals surface area contributed by atoms with E-state index in [-0.39, 0.29) is 12.6 Å². The van der Waals surface area contributed by atoms with Crippen LogP contribution in [0.3, 0.4) is 0 Å². The molecular weight excluding hydrogens is 360 g/mol. The number of nitrogens with zero attached hydrogens (tertiary/aromatic N) is 2. The molecule has 4 heteroatoms. The number of benzene rings is 3. The zero-order valence-electron chi connectivity index (χ0n) is 16.5. The quantitative estimate of drug-likeness (QED) is 0.427. The van der Waals surface area contributed by atoms with E-state index < -0.39 is 0 Å². The molecule has 0 aliphatic heterocycles. The number of aromatic nitrogens is 2. The Morgan fingerprint density at radius 2 is 1.62 bits per heavy atom. The van der Waals surface area contributed by atoms with Crippen LogP contribution in [0.4, 0.5) is 0 Å². The normalized spacial score (nSPS) is 10.7. The molecule has 0 aliphatic carbocycles. The first-order chi connectivity index (χ1) is 14.1. The van der Waals surface area contributed by atoms with E-state index in [1.165, 1.54) is 0 Å². The van der Waals surface area contributed by atoms with Crippen molar-refractivity contribution in [3.05, 3.63) is 107 Å². The second-order valence-corrected chi connectivity index (χ2v) is 7.04. The van der Waals surface area contributed by atoms with Crippen molar-refractivity contribution < 1.29 is 9.53 Å². The first-order valence-corrected chi connectivity index (χ1v) is 9.55. The van der Waals surface area contributed by atoms with Crippen molar-refractivity contribution in [3.8, 4) is 16.9 Å². The minimum absolute atomic E-state index is 0.156. The molecule has 144 valence electrons. The molecule has 0 radical (unpaired) electrons. The van der Waals surface area contributed by atoms with Gasteiger partial charge in [0.1, 0.15) is 6.61 Å². The summed E-state index contributed by atoms with van der Waals surface area (Å²) in [7, 11) is 0. The molecule has 4 nitrogen and oxygen atoms in total. The Kier molecular flexibility index (Phi) is 5.25. The summed E-state index contributed by atoms with van der Waals surface area (Å²) < 4.78 is 7.49. The van der Waals surface area contributed by atoms with Crippen molar-refractivity contribution >= 4 is 5.97 Å². The van der Waals surface area contributed by atoms with E-state index in [1.807, 2.05) is 104 Å². The van der Waals surface area contributed by atoms with Crippen molar-refractivity contribution in [3.63, 3.8) is 0 Å². The summed E-state index contributed by atoms with van der Waals surface area (Å²) in [6.45, 7) is 4.04. The lowest BCUT2D eigenvalue weighted by atomic mass is 10.1. The molecule has 0 unspecified atom stereocenters. The number of carbonyl (C=O) groups is 1. The lowest BCUT2D eigenvalue weighted by Gasteiger charge is -2.08. The number of para-hydroxylation sites is 1. The van der Waals surface area contributed by atoms with Gasteiger partial charge in [0.05, 0.1) is 16.9 Å². The zero-order chi connectivity index (χ0) is 20.2. The lowest BCUT2D eigenvalue weighted by Crippen LogP contribution is -2.07. The Labute approximate surface area is 170 Å². The van der Waals surface area contributed by atoms with Crippen LogP contribution in [-0.4, -0.2) is 15.7 Å². The Bertz CT molecular complexity index is 1130. The smallest absolute Gasteiger partial charge is 0.338 e. The lowest BCUT2D eigenvalue weighted by molar-refractivity contribution is 0.0472. The van der Waals surface area contributed by atoms with Gasteiger partial charge in [-0.05, 0) is 37.6 Å². The summed E-state index contributed by atoms with van der Waals surface area (Å²) in [5.74, 6) is -0.322. The summed E-state index contributed by atoms with van der Waals surface area (Å²) in [5, 5.41) is 4.76. The van der Waals surface area contributed by atoms with Crippen LogP contribution in [-0.2, 0) is 11.3 Å². The van der Waals surface area contributed by atoms with Crippen molar-refractivity contribution in [2.24, 2.45) is 0 Å². The molecule has 0 saturated carbocycles. The average Bonchev–Trinajstić information content (AvgIpc) is 3.19. The SMILES string of the molecule is Cc1ccc(C)c(C(=O)OCc2cn(-c3ccccc3)nc2-c2ccccc2)c1. The predicted molar refractivity (Wildman–Crippen MR) is 114 cm³/mol. The maximum Gasteiger partial charge on any atom is 0.338 e. The molecule has 0 aliphatic rings. The molecule has 0 saturated heterocycles. The van der Waals surface area contributed by atoms with Gasteiger partial charge in [-0.1, -0.05) is 66.2 Å². The number of carbonyl (C=O) groups excluding carboxylic acids is 1. The van der Waals surface area contributed by atoms with E-state index in [0.29, 0.717) is 5.56 Å². The first kappa shape index (κ1) is 18.7. The molecule has 1 heterocycles. The van der Waals surface area contributed by atoms with Gasteiger partial charge in [-0.15, -0.1) is 0 Å². The van der Waals surface area contributed by atoms with Crippen LogP contribution in [0, 0.1) is 13.8 Å². The Morgan fingerprint density at radius 3 is 2.34 bits per heavy atom. The average molecular weight is 382 g/mol. The predicted octanol–water partition coefficient (Wildman–Crippen LogP) is 5.51. The van der Waals surface area contributed by atoms with Gasteiger partial charge in [-0.25, -0.2) is 9.48 Å². The van der Waals surface area contributed by atoms with E-state index in [0.717, 1.165) is 33.6 Å². The number of rotatable bonds is 5. The summed E-state index contributed by atoms with van der Waals surface area (Å²) in [4.78, 5) is 12.7. The van der Waals surface area contributed by atoms with Gasteiger partial charge in [-0.2, -0.15) is 5.10 Å². The number of aryl methyl sites for hydroxylation is 2. The van der Waals surface area contributed by atoms with Gasteiger partial charge in [0.15, 0.2) is 0 Å². The van der Waals surface area contributed by atoms with Crippen molar-refractivity contribution in [2.45, 2.75) is 20.5 Å². The molecular formula is C25H22N2O2. The topological polar surface area (TPSA) is 44.1 Å². The second kappa shape index (κ2) is 8.15. The van der Waals surface area contributed by atoms with E-state index in [2.05, 4.69) is 0 Å². The maximum absolute atomic E-state index is 12.7. The van der Waals surface area contributed by atoms with Crippen molar-refractivity contribution in [1.82, 2.24) is 9.78 Å². The molecule has 0 fully saturated rings. The fourth-order valence-electron chi connectivity index (χ4n) is 3.24. The van der Waals surface area contributed by atoms with Crippen molar-refractivity contribution in [1.29, 1.82) is 0 Å². The molecule has 1 aromatic heterocycles. The zero-order valence-corrected chi connectivity index (χ0v) is 16.5. The highest BCUT2D eigenvalue weighted by Crippen LogP contribution is 2.25. The molecule has 4 rings (SSSR count). The Balaban J connectivity index is 1.64. The van der Waals surface area contributed by atoms with Gasteiger partial charge >= 0.3 is 5.97 Å². The first-order valence-electron chi connectivity index (χ1n) is 9.55. The van der Waals surface area contributed by atoms with Gasteiger partial charge in [0.25, 0.3) is 0 Å². The minimum Gasteiger partial charge on any atom is -0.457 e. The molecule has 3 aromatic carbocycles. The number of esters is 1. The van der Waals surface area contributed by atoms with Crippen molar-refractivity contribution in [2.75, 3.05) is 0 Å². The summed E-state index contributed by atoms with van der Waals surface area (Å²) in [6, 6.07) is 25.6. The Hall–Kier alpha value is -3.66. The standard InChI is InChI=1S/C25H22N2O2/c1-18-13-14-19(2)23(15-18)25(28)29-17-21-16-27(22-11-7-4-8-12-22)26-24(21)20-9-5-3-6-10-20/h3-16H,17H2,1-2H3. The Morgan fingerprint density at radius 1 is 0.931 bits per heavy atom. The highest BCUT2D eigenvalue weighted by atomic mass is 16.5. The fraction of sp³-hybridized carbons (Fsp3) is 0.120. The van der Waals surface area contributed by atoms with Gasteiger partial charge in [0.2, 0.25) is 0 Å². The second-order valence-electron chi connectivity index (χ2n) is 7.04. The molecule has 0 spiro atoms. The summed E-state index contributed by atoms with van der Waals surface area (Å²) in [6.07, 6.45) is 1.92.